The summed E-state index contributed by atoms with van der Waals surface area (Å²) in [4.78, 5) is 30.6. The number of aromatic amines is 1. The highest BCUT2D eigenvalue weighted by atomic mass is 16.2. The summed E-state index contributed by atoms with van der Waals surface area (Å²) in [6.45, 7) is 6.20. The van der Waals surface area contributed by atoms with Gasteiger partial charge in [0.2, 0.25) is 5.91 Å². The largest absolute Gasteiger partial charge is 0.339 e. The molecule has 0 saturated carbocycles. The molecule has 0 spiro atoms. The number of H-pyrrole nitrogens is 1. The van der Waals surface area contributed by atoms with E-state index in [9.17, 15) is 9.59 Å². The van der Waals surface area contributed by atoms with Crippen LogP contribution in [0.2, 0.25) is 0 Å². The Kier molecular flexibility index (Phi) is 5.34. The molecule has 3 amide bonds. The number of hydrogen-bond acceptors (Lipinski definition) is 4. The van der Waals surface area contributed by atoms with Crippen LogP contribution in [0.1, 0.15) is 26.2 Å². The molecule has 2 saturated heterocycles. The van der Waals surface area contributed by atoms with Crippen molar-refractivity contribution in [1.29, 1.82) is 0 Å². The van der Waals surface area contributed by atoms with Gasteiger partial charge in [0.15, 0.2) is 0 Å². The summed E-state index contributed by atoms with van der Waals surface area (Å²) >= 11 is 0. The molecule has 2 N–H and O–H groups in total. The molecule has 132 valence electrons. The van der Waals surface area contributed by atoms with Crippen LogP contribution in [0.4, 0.5) is 10.5 Å². The predicted octanol–water partition coefficient (Wildman–Crippen LogP) is 0.960. The minimum atomic E-state index is -0.118. The van der Waals surface area contributed by atoms with E-state index in [1.807, 2.05) is 4.90 Å². The van der Waals surface area contributed by atoms with Gasteiger partial charge in [0.1, 0.15) is 0 Å². The molecule has 0 radical (unpaired) electrons. The summed E-state index contributed by atoms with van der Waals surface area (Å²) in [5.41, 5.74) is 0.664. The lowest BCUT2D eigenvalue weighted by Crippen LogP contribution is -2.53. The van der Waals surface area contributed by atoms with Gasteiger partial charge in [-0.05, 0) is 26.2 Å². The van der Waals surface area contributed by atoms with Crippen LogP contribution in [0.3, 0.4) is 0 Å². The van der Waals surface area contributed by atoms with Gasteiger partial charge < -0.3 is 15.1 Å². The van der Waals surface area contributed by atoms with Gasteiger partial charge in [-0.2, -0.15) is 5.10 Å². The first kappa shape index (κ1) is 16.8. The molecular formula is C16H26N6O2. The number of anilines is 1. The van der Waals surface area contributed by atoms with E-state index in [2.05, 4.69) is 27.3 Å². The number of piperazine rings is 1. The van der Waals surface area contributed by atoms with Gasteiger partial charge in [-0.3, -0.25) is 14.8 Å². The van der Waals surface area contributed by atoms with Crippen molar-refractivity contribution in [2.24, 2.45) is 0 Å². The summed E-state index contributed by atoms with van der Waals surface area (Å²) in [7, 11) is 0. The maximum absolute atomic E-state index is 12.5. The van der Waals surface area contributed by atoms with Crippen molar-refractivity contribution in [2.75, 3.05) is 44.6 Å². The highest BCUT2D eigenvalue weighted by Gasteiger charge is 2.27. The second kappa shape index (κ2) is 7.65. The molecule has 1 aromatic heterocycles. The van der Waals surface area contributed by atoms with Crippen molar-refractivity contribution in [3.63, 3.8) is 0 Å². The highest BCUT2D eigenvalue weighted by Crippen LogP contribution is 2.17. The normalized spacial score (nSPS) is 22.5. The maximum Gasteiger partial charge on any atom is 0.322 e. The molecule has 2 fully saturated rings. The Morgan fingerprint density at radius 2 is 2.04 bits per heavy atom. The lowest BCUT2D eigenvalue weighted by molar-refractivity contribution is -0.136. The Morgan fingerprint density at radius 1 is 1.25 bits per heavy atom. The van der Waals surface area contributed by atoms with Crippen LogP contribution in [0, 0.1) is 0 Å². The molecule has 3 heterocycles. The Labute approximate surface area is 142 Å². The predicted molar refractivity (Wildman–Crippen MR) is 90.6 cm³/mol. The molecule has 3 rings (SSSR count). The van der Waals surface area contributed by atoms with Gasteiger partial charge in [-0.1, -0.05) is 0 Å². The van der Waals surface area contributed by atoms with Crippen LogP contribution in [0.15, 0.2) is 12.4 Å². The Balaban J connectivity index is 1.43. The van der Waals surface area contributed by atoms with E-state index in [0.29, 0.717) is 31.4 Å². The number of hydrogen-bond donors (Lipinski definition) is 2. The Morgan fingerprint density at radius 3 is 2.71 bits per heavy atom. The van der Waals surface area contributed by atoms with Gasteiger partial charge in [0, 0.05) is 45.0 Å². The summed E-state index contributed by atoms with van der Waals surface area (Å²) in [6.07, 6.45) is 6.65. The molecule has 0 bridgehead atoms. The summed E-state index contributed by atoms with van der Waals surface area (Å²) in [5.74, 6) is 0.221. The Hall–Kier alpha value is -2.09. The quantitative estimate of drug-likeness (QED) is 0.862. The standard InChI is InChI=1S/C16H26N6O2/c1-13-4-2-3-5-22(13)15(23)12-20-6-8-21(9-7-20)16(24)19-14-10-17-18-11-14/h10-11,13H,2-9,12H2,1H3,(H,17,18)(H,19,24)/t13-/m0/s1. The number of amides is 3. The molecule has 8 nitrogen and oxygen atoms in total. The summed E-state index contributed by atoms with van der Waals surface area (Å²) in [5, 5.41) is 9.28. The molecule has 0 aromatic carbocycles. The number of piperidine rings is 1. The van der Waals surface area contributed by atoms with E-state index in [0.717, 1.165) is 32.5 Å². The molecule has 2 aliphatic heterocycles. The molecule has 24 heavy (non-hydrogen) atoms. The van der Waals surface area contributed by atoms with Crippen molar-refractivity contribution in [3.8, 4) is 0 Å². The second-order valence-electron chi connectivity index (χ2n) is 6.61. The fourth-order valence-electron chi connectivity index (χ4n) is 3.38. The highest BCUT2D eigenvalue weighted by molar-refractivity contribution is 5.89. The van der Waals surface area contributed by atoms with Gasteiger partial charge >= 0.3 is 6.03 Å². The fraction of sp³-hybridized carbons (Fsp3) is 0.688. The molecule has 1 atom stereocenters. The minimum absolute atomic E-state index is 0.118. The number of nitrogens with one attached hydrogen (secondary N) is 2. The second-order valence-corrected chi connectivity index (χ2v) is 6.61. The van der Waals surface area contributed by atoms with E-state index in [1.54, 1.807) is 17.3 Å². The van der Waals surface area contributed by atoms with Crippen molar-refractivity contribution < 1.29 is 9.59 Å². The first-order chi connectivity index (χ1) is 11.6. The average molecular weight is 334 g/mol. The van der Waals surface area contributed by atoms with E-state index in [1.165, 1.54) is 6.42 Å². The van der Waals surface area contributed by atoms with Crippen LogP contribution in [-0.2, 0) is 4.79 Å². The van der Waals surface area contributed by atoms with Gasteiger partial charge in [-0.15, -0.1) is 0 Å². The lowest BCUT2D eigenvalue weighted by Gasteiger charge is -2.38. The average Bonchev–Trinajstić information content (AvgIpc) is 3.08. The summed E-state index contributed by atoms with van der Waals surface area (Å²) in [6, 6.07) is 0.236. The van der Waals surface area contributed by atoms with Crippen molar-refractivity contribution in [3.05, 3.63) is 12.4 Å². The zero-order chi connectivity index (χ0) is 16.9. The maximum atomic E-state index is 12.5. The lowest BCUT2D eigenvalue weighted by atomic mass is 10.0. The van der Waals surface area contributed by atoms with Crippen LogP contribution in [0.5, 0.6) is 0 Å². The van der Waals surface area contributed by atoms with E-state index in [4.69, 9.17) is 0 Å². The molecule has 0 unspecified atom stereocenters. The zero-order valence-electron chi connectivity index (χ0n) is 14.2. The zero-order valence-corrected chi connectivity index (χ0v) is 14.2. The third-order valence-corrected chi connectivity index (χ3v) is 4.89. The number of carbonyl (C=O) groups excluding carboxylic acids is 2. The smallest absolute Gasteiger partial charge is 0.322 e. The van der Waals surface area contributed by atoms with Crippen LogP contribution in [-0.4, -0.2) is 82.1 Å². The number of rotatable bonds is 3. The van der Waals surface area contributed by atoms with Crippen LogP contribution < -0.4 is 5.32 Å². The van der Waals surface area contributed by atoms with Gasteiger partial charge in [-0.25, -0.2) is 4.79 Å². The third kappa shape index (κ3) is 4.05. The van der Waals surface area contributed by atoms with E-state index < -0.39 is 0 Å². The minimum Gasteiger partial charge on any atom is -0.339 e. The molecule has 2 aliphatic rings. The number of carbonyl (C=O) groups is 2. The molecule has 1 aromatic rings. The number of nitrogens with zero attached hydrogens (tertiary/aromatic N) is 4. The number of urea groups is 1. The van der Waals surface area contributed by atoms with Crippen molar-refractivity contribution >= 4 is 17.6 Å². The van der Waals surface area contributed by atoms with Crippen molar-refractivity contribution in [2.45, 2.75) is 32.2 Å². The van der Waals surface area contributed by atoms with E-state index in [-0.39, 0.29) is 11.9 Å². The molecular weight excluding hydrogens is 308 g/mol. The SMILES string of the molecule is C[C@H]1CCCCN1C(=O)CN1CCN(C(=O)Nc2cn[nH]c2)CC1. The van der Waals surface area contributed by atoms with Crippen LogP contribution in [0.25, 0.3) is 0 Å². The van der Waals surface area contributed by atoms with Crippen molar-refractivity contribution in [1.82, 2.24) is 24.9 Å². The van der Waals surface area contributed by atoms with Gasteiger partial charge in [0.05, 0.1) is 18.4 Å². The third-order valence-electron chi connectivity index (χ3n) is 4.89. The molecule has 8 heteroatoms. The number of likely N-dealkylation sites (tertiary alicyclic amines) is 1. The summed E-state index contributed by atoms with van der Waals surface area (Å²) < 4.78 is 0. The molecule has 0 aliphatic carbocycles. The topological polar surface area (TPSA) is 84.6 Å². The first-order valence-electron chi connectivity index (χ1n) is 8.70. The fourth-order valence-corrected chi connectivity index (χ4v) is 3.38. The van der Waals surface area contributed by atoms with Crippen LogP contribution >= 0.6 is 0 Å². The monoisotopic (exact) mass is 334 g/mol. The van der Waals surface area contributed by atoms with Gasteiger partial charge in [0.25, 0.3) is 0 Å². The van der Waals surface area contributed by atoms with E-state index >= 15 is 0 Å². The Bertz CT molecular complexity index is 553. The first-order valence-corrected chi connectivity index (χ1v) is 8.70. The number of aromatic nitrogens is 2.